The Morgan fingerprint density at radius 2 is 1.75 bits per heavy atom. The van der Waals surface area contributed by atoms with E-state index in [0.717, 1.165) is 16.4 Å². The maximum absolute atomic E-state index is 13.2. The number of nitrogen functional groups attached to an aromatic ring is 1. The third-order valence-corrected chi connectivity index (χ3v) is 5.88. The smallest absolute Gasteiger partial charge is 0.398 e. The summed E-state index contributed by atoms with van der Waals surface area (Å²) in [5, 5.41) is 0. The predicted molar refractivity (Wildman–Crippen MR) is 85.2 cm³/mol. The Balaban J connectivity index is 2.17. The summed E-state index contributed by atoms with van der Waals surface area (Å²) in [7, 11) is -4.35. The van der Waals surface area contributed by atoms with Gasteiger partial charge in [-0.15, -0.1) is 0 Å². The summed E-state index contributed by atoms with van der Waals surface area (Å²) in [5.41, 5.74) is 6.15. The normalized spacial score (nSPS) is 15.2. The van der Waals surface area contributed by atoms with Gasteiger partial charge in [0.1, 0.15) is 0 Å². The fraction of sp³-hybridized carbons (Fsp3) is 0.250. The summed E-state index contributed by atoms with van der Waals surface area (Å²) in [6.07, 6.45) is -3.67. The molecular weight excluding hydrogens is 341 g/mol. The van der Waals surface area contributed by atoms with Gasteiger partial charge in [-0.25, -0.2) is 8.42 Å². The molecule has 3 rings (SSSR count). The van der Waals surface area contributed by atoms with Crippen molar-refractivity contribution >= 4 is 21.4 Å². The molecule has 0 unspecified atom stereocenters. The first kappa shape index (κ1) is 16.6. The molecule has 0 atom stereocenters. The van der Waals surface area contributed by atoms with Crippen molar-refractivity contribution < 1.29 is 21.6 Å². The van der Waals surface area contributed by atoms with Crippen molar-refractivity contribution in [3.8, 4) is 0 Å². The number of fused-ring (bicyclic) bond motifs is 1. The van der Waals surface area contributed by atoms with Gasteiger partial charge in [0, 0.05) is 12.2 Å². The van der Waals surface area contributed by atoms with E-state index in [2.05, 4.69) is 0 Å². The van der Waals surface area contributed by atoms with Gasteiger partial charge in [-0.3, -0.25) is 4.31 Å². The van der Waals surface area contributed by atoms with Crippen LogP contribution in [0.15, 0.2) is 47.4 Å². The minimum absolute atomic E-state index is 0.116. The van der Waals surface area contributed by atoms with Crippen molar-refractivity contribution in [2.24, 2.45) is 0 Å². The largest absolute Gasteiger partial charge is 0.417 e. The van der Waals surface area contributed by atoms with Gasteiger partial charge in [0.05, 0.1) is 16.1 Å². The monoisotopic (exact) mass is 356 g/mol. The summed E-state index contributed by atoms with van der Waals surface area (Å²) < 4.78 is 66.5. The van der Waals surface area contributed by atoms with Crippen LogP contribution in [0.1, 0.15) is 17.5 Å². The van der Waals surface area contributed by atoms with Gasteiger partial charge >= 0.3 is 6.18 Å². The third kappa shape index (κ3) is 2.71. The lowest BCUT2D eigenvalue weighted by Gasteiger charge is -2.31. The van der Waals surface area contributed by atoms with E-state index >= 15 is 0 Å². The third-order valence-electron chi connectivity index (χ3n) is 4.00. The standard InChI is InChI=1S/C16H15F3N2O2S/c17-16(18,19)12-6-1-2-9-15(12)24(22,23)21-10-4-5-11-13(20)7-3-8-14(11)21/h1-3,6-9H,4-5,10,20H2. The number of hydrogen-bond donors (Lipinski definition) is 1. The highest BCUT2D eigenvalue weighted by Crippen LogP contribution is 2.39. The highest BCUT2D eigenvalue weighted by atomic mass is 32.2. The molecule has 2 aromatic rings. The van der Waals surface area contributed by atoms with Gasteiger partial charge in [0.2, 0.25) is 0 Å². The Hall–Kier alpha value is -2.22. The van der Waals surface area contributed by atoms with Crippen LogP contribution in [0.25, 0.3) is 0 Å². The molecule has 0 saturated heterocycles. The summed E-state index contributed by atoms with van der Waals surface area (Å²) in [6, 6.07) is 9.03. The Morgan fingerprint density at radius 1 is 1.04 bits per heavy atom. The number of nitrogens with zero attached hydrogens (tertiary/aromatic N) is 1. The van der Waals surface area contributed by atoms with Crippen LogP contribution >= 0.6 is 0 Å². The number of nitrogens with two attached hydrogens (primary N) is 1. The second kappa shape index (κ2) is 5.70. The second-order valence-corrected chi connectivity index (χ2v) is 7.35. The van der Waals surface area contributed by atoms with E-state index < -0.39 is 26.7 Å². The molecule has 0 radical (unpaired) electrons. The van der Waals surface area contributed by atoms with Gasteiger partial charge in [0.25, 0.3) is 10.0 Å². The Kier molecular flexibility index (Phi) is 3.95. The van der Waals surface area contributed by atoms with Crippen molar-refractivity contribution in [2.75, 3.05) is 16.6 Å². The number of rotatable bonds is 2. The van der Waals surface area contributed by atoms with E-state index in [9.17, 15) is 21.6 Å². The van der Waals surface area contributed by atoms with E-state index in [-0.39, 0.29) is 6.54 Å². The number of anilines is 2. The fourth-order valence-corrected chi connectivity index (χ4v) is 4.66. The molecule has 1 aliphatic rings. The molecule has 8 heteroatoms. The molecule has 4 nitrogen and oxygen atoms in total. The zero-order valence-corrected chi connectivity index (χ0v) is 13.4. The maximum atomic E-state index is 13.2. The van der Waals surface area contributed by atoms with Crippen molar-refractivity contribution in [3.05, 3.63) is 53.6 Å². The zero-order chi connectivity index (χ0) is 17.5. The number of hydrogen-bond acceptors (Lipinski definition) is 3. The second-order valence-electron chi connectivity index (χ2n) is 5.52. The molecule has 128 valence electrons. The molecule has 0 saturated carbocycles. The van der Waals surface area contributed by atoms with Crippen LogP contribution in [0.3, 0.4) is 0 Å². The topological polar surface area (TPSA) is 63.4 Å². The van der Waals surface area contributed by atoms with Crippen LogP contribution in [-0.4, -0.2) is 15.0 Å². The molecule has 0 fully saturated rings. The number of halogens is 3. The van der Waals surface area contributed by atoms with Gasteiger partial charge < -0.3 is 5.73 Å². The molecule has 1 heterocycles. The molecule has 0 aromatic heterocycles. The highest BCUT2D eigenvalue weighted by Gasteiger charge is 2.39. The lowest BCUT2D eigenvalue weighted by molar-refractivity contribution is -0.139. The fourth-order valence-electron chi connectivity index (χ4n) is 2.91. The minimum Gasteiger partial charge on any atom is -0.398 e. The molecule has 0 bridgehead atoms. The molecule has 24 heavy (non-hydrogen) atoms. The molecule has 0 spiro atoms. The minimum atomic E-state index is -4.75. The van der Waals surface area contributed by atoms with Crippen LogP contribution in [0.5, 0.6) is 0 Å². The Labute approximate surface area is 137 Å². The van der Waals surface area contributed by atoms with Crippen molar-refractivity contribution in [1.29, 1.82) is 0 Å². The zero-order valence-electron chi connectivity index (χ0n) is 12.5. The molecule has 2 aromatic carbocycles. The number of sulfonamides is 1. The Bertz CT molecular complexity index is 879. The van der Waals surface area contributed by atoms with Crippen LogP contribution in [0.2, 0.25) is 0 Å². The van der Waals surface area contributed by atoms with E-state index in [1.165, 1.54) is 12.1 Å². The first-order valence-corrected chi connectivity index (χ1v) is 8.73. The van der Waals surface area contributed by atoms with Crippen LogP contribution in [-0.2, 0) is 22.6 Å². The first-order chi connectivity index (χ1) is 11.2. The highest BCUT2D eigenvalue weighted by molar-refractivity contribution is 7.92. The van der Waals surface area contributed by atoms with E-state index in [0.29, 0.717) is 29.8 Å². The molecule has 1 aliphatic heterocycles. The van der Waals surface area contributed by atoms with E-state index in [1.807, 2.05) is 0 Å². The Morgan fingerprint density at radius 3 is 2.46 bits per heavy atom. The van der Waals surface area contributed by atoms with Crippen molar-refractivity contribution in [2.45, 2.75) is 23.9 Å². The lowest BCUT2D eigenvalue weighted by atomic mass is 10.0. The van der Waals surface area contributed by atoms with Gasteiger partial charge in [-0.1, -0.05) is 18.2 Å². The van der Waals surface area contributed by atoms with Gasteiger partial charge in [0.15, 0.2) is 0 Å². The van der Waals surface area contributed by atoms with Crippen molar-refractivity contribution in [3.63, 3.8) is 0 Å². The molecule has 0 amide bonds. The summed E-state index contributed by atoms with van der Waals surface area (Å²) in [6.45, 7) is 0.116. The summed E-state index contributed by atoms with van der Waals surface area (Å²) in [4.78, 5) is -0.743. The van der Waals surface area contributed by atoms with Crippen molar-refractivity contribution in [1.82, 2.24) is 0 Å². The lowest BCUT2D eigenvalue weighted by Crippen LogP contribution is -2.36. The average molecular weight is 356 g/mol. The molecular formula is C16H15F3N2O2S. The van der Waals surface area contributed by atoms with Gasteiger partial charge in [-0.05, 0) is 42.7 Å². The number of alkyl halides is 3. The van der Waals surface area contributed by atoms with Gasteiger partial charge in [-0.2, -0.15) is 13.2 Å². The maximum Gasteiger partial charge on any atom is 0.417 e. The van der Waals surface area contributed by atoms with Crippen LogP contribution in [0, 0.1) is 0 Å². The molecule has 2 N–H and O–H groups in total. The first-order valence-electron chi connectivity index (χ1n) is 7.29. The van der Waals surface area contributed by atoms with E-state index in [4.69, 9.17) is 5.73 Å². The summed E-state index contributed by atoms with van der Waals surface area (Å²) in [5.74, 6) is 0. The van der Waals surface area contributed by atoms with Crippen LogP contribution in [0.4, 0.5) is 24.5 Å². The summed E-state index contributed by atoms with van der Waals surface area (Å²) >= 11 is 0. The SMILES string of the molecule is Nc1cccc2c1CCCN2S(=O)(=O)c1ccccc1C(F)(F)F. The number of benzene rings is 2. The predicted octanol–water partition coefficient (Wildman–Crippen LogP) is 3.43. The van der Waals surface area contributed by atoms with E-state index in [1.54, 1.807) is 18.2 Å². The van der Waals surface area contributed by atoms with Crippen LogP contribution < -0.4 is 10.0 Å². The average Bonchev–Trinajstić information content (AvgIpc) is 2.54. The quantitative estimate of drug-likeness (QED) is 0.839. The molecule has 0 aliphatic carbocycles.